The molecule has 2 heterocycles. The fourth-order valence-corrected chi connectivity index (χ4v) is 2.93. The Labute approximate surface area is 112 Å². The van der Waals surface area contributed by atoms with E-state index >= 15 is 0 Å². The Kier molecular flexibility index (Phi) is 3.14. The van der Waals surface area contributed by atoms with Crippen LogP contribution < -0.4 is 0 Å². The molecule has 2 aliphatic heterocycles. The van der Waals surface area contributed by atoms with Crippen LogP contribution in [0.1, 0.15) is 5.56 Å². The number of nitrogens with zero attached hydrogens (tertiary/aromatic N) is 3. The molecule has 102 valence electrons. The smallest absolute Gasteiger partial charge is 0.320 e. The van der Waals surface area contributed by atoms with Crippen molar-refractivity contribution in [2.45, 2.75) is 12.6 Å². The third-order valence-corrected chi connectivity index (χ3v) is 3.94. The minimum Gasteiger partial charge on any atom is -0.326 e. The van der Waals surface area contributed by atoms with Gasteiger partial charge in [-0.15, -0.1) is 0 Å². The molecule has 0 aliphatic carbocycles. The Morgan fingerprint density at radius 1 is 1.21 bits per heavy atom. The van der Waals surface area contributed by atoms with Crippen molar-refractivity contribution in [3.8, 4) is 0 Å². The highest BCUT2D eigenvalue weighted by atomic mass is 19.1. The molecule has 1 aromatic carbocycles. The molecular formula is C14H18FN3O. The van der Waals surface area contributed by atoms with Crippen LogP contribution in [0.2, 0.25) is 0 Å². The Morgan fingerprint density at radius 3 is 2.68 bits per heavy atom. The molecule has 0 saturated carbocycles. The highest BCUT2D eigenvalue weighted by Gasteiger charge is 2.38. The van der Waals surface area contributed by atoms with Crippen molar-refractivity contribution in [2.24, 2.45) is 0 Å². The maximum absolute atomic E-state index is 12.9. The van der Waals surface area contributed by atoms with E-state index in [0.29, 0.717) is 6.04 Å². The molecule has 2 aliphatic rings. The zero-order valence-corrected chi connectivity index (χ0v) is 11.1. The van der Waals surface area contributed by atoms with Crippen LogP contribution in [0.4, 0.5) is 9.18 Å². The lowest BCUT2D eigenvalue weighted by Gasteiger charge is -2.36. The quantitative estimate of drug-likeness (QED) is 0.806. The Bertz CT molecular complexity index is 476. The second-order valence-electron chi connectivity index (χ2n) is 5.37. The second-order valence-corrected chi connectivity index (χ2v) is 5.37. The van der Waals surface area contributed by atoms with Crippen LogP contribution in [0, 0.1) is 5.82 Å². The van der Waals surface area contributed by atoms with Crippen molar-refractivity contribution in [3.05, 3.63) is 35.6 Å². The maximum Gasteiger partial charge on any atom is 0.320 e. The lowest BCUT2D eigenvalue weighted by Crippen LogP contribution is -2.51. The average molecular weight is 263 g/mol. The molecule has 2 fully saturated rings. The highest BCUT2D eigenvalue weighted by molar-refractivity contribution is 5.77. The Morgan fingerprint density at radius 2 is 1.95 bits per heavy atom. The largest absolute Gasteiger partial charge is 0.326 e. The predicted octanol–water partition coefficient (Wildman–Crippen LogP) is 1.38. The third-order valence-electron chi connectivity index (χ3n) is 3.94. The molecule has 0 aromatic heterocycles. The van der Waals surface area contributed by atoms with E-state index in [4.69, 9.17) is 0 Å². The summed E-state index contributed by atoms with van der Waals surface area (Å²) in [4.78, 5) is 17.9. The number of piperazine rings is 1. The number of fused-ring (bicyclic) bond motifs is 1. The Balaban J connectivity index is 1.63. The molecule has 2 saturated heterocycles. The number of halogens is 1. The SMILES string of the molecule is CN1CC2CN(Cc3ccc(F)cc3)CCN2C1=O. The van der Waals surface area contributed by atoms with Crippen molar-refractivity contribution in [3.63, 3.8) is 0 Å². The second kappa shape index (κ2) is 4.81. The highest BCUT2D eigenvalue weighted by Crippen LogP contribution is 2.20. The van der Waals surface area contributed by atoms with Crippen molar-refractivity contribution >= 4 is 6.03 Å². The van der Waals surface area contributed by atoms with Gasteiger partial charge in [0, 0.05) is 39.8 Å². The molecule has 3 rings (SSSR count). The normalized spacial score (nSPS) is 23.9. The van der Waals surface area contributed by atoms with Gasteiger partial charge in [0.2, 0.25) is 0 Å². The maximum atomic E-state index is 12.9. The number of hydrogen-bond acceptors (Lipinski definition) is 2. The van der Waals surface area contributed by atoms with Crippen molar-refractivity contribution in [1.29, 1.82) is 0 Å². The summed E-state index contributed by atoms with van der Waals surface area (Å²) in [5.41, 5.74) is 1.12. The number of amides is 2. The van der Waals surface area contributed by atoms with Gasteiger partial charge < -0.3 is 9.80 Å². The van der Waals surface area contributed by atoms with Crippen LogP contribution in [0.3, 0.4) is 0 Å². The van der Waals surface area contributed by atoms with Gasteiger partial charge in [0.25, 0.3) is 0 Å². The molecule has 1 aromatic rings. The summed E-state index contributed by atoms with van der Waals surface area (Å²) in [6.45, 7) is 4.19. The molecule has 19 heavy (non-hydrogen) atoms. The van der Waals surface area contributed by atoms with Gasteiger partial charge in [0.15, 0.2) is 0 Å². The molecule has 1 atom stereocenters. The van der Waals surface area contributed by atoms with Gasteiger partial charge in [0.05, 0.1) is 6.04 Å². The Hall–Kier alpha value is -1.62. The zero-order valence-electron chi connectivity index (χ0n) is 11.1. The van der Waals surface area contributed by atoms with Crippen molar-refractivity contribution < 1.29 is 9.18 Å². The van der Waals surface area contributed by atoms with Crippen LogP contribution in [0.15, 0.2) is 24.3 Å². The number of likely N-dealkylation sites (N-methyl/N-ethyl adjacent to an activating group) is 1. The van der Waals surface area contributed by atoms with Crippen LogP contribution in [0.25, 0.3) is 0 Å². The van der Waals surface area contributed by atoms with Crippen molar-refractivity contribution in [2.75, 3.05) is 33.2 Å². The number of benzene rings is 1. The first-order chi connectivity index (χ1) is 9.13. The number of rotatable bonds is 2. The van der Waals surface area contributed by atoms with E-state index in [0.717, 1.165) is 38.3 Å². The molecule has 0 radical (unpaired) electrons. The summed E-state index contributed by atoms with van der Waals surface area (Å²) in [6, 6.07) is 7.09. The lowest BCUT2D eigenvalue weighted by molar-refractivity contribution is 0.116. The molecule has 0 N–H and O–H groups in total. The number of carbonyl (C=O) groups is 1. The number of carbonyl (C=O) groups excluding carboxylic acids is 1. The molecule has 4 nitrogen and oxygen atoms in total. The molecule has 5 heteroatoms. The summed E-state index contributed by atoms with van der Waals surface area (Å²) in [5, 5.41) is 0. The van der Waals surface area contributed by atoms with E-state index in [2.05, 4.69) is 4.90 Å². The summed E-state index contributed by atoms with van der Waals surface area (Å²) in [7, 11) is 1.85. The fourth-order valence-electron chi connectivity index (χ4n) is 2.93. The van der Waals surface area contributed by atoms with E-state index in [1.54, 1.807) is 4.90 Å². The van der Waals surface area contributed by atoms with Crippen molar-refractivity contribution in [1.82, 2.24) is 14.7 Å². The summed E-state index contributed by atoms with van der Waals surface area (Å²) >= 11 is 0. The van der Waals surface area contributed by atoms with Gasteiger partial charge >= 0.3 is 6.03 Å². The van der Waals surface area contributed by atoms with Crippen LogP contribution >= 0.6 is 0 Å². The van der Waals surface area contributed by atoms with Gasteiger partial charge in [0.1, 0.15) is 5.82 Å². The standard InChI is InChI=1S/C14H18FN3O/c1-16-9-13-10-17(6-7-18(13)14(16)19)8-11-2-4-12(15)5-3-11/h2-5,13H,6-10H2,1H3. The van der Waals surface area contributed by atoms with Crippen LogP contribution in [-0.2, 0) is 6.54 Å². The lowest BCUT2D eigenvalue weighted by atomic mass is 10.1. The zero-order chi connectivity index (χ0) is 13.4. The molecule has 2 amide bonds. The monoisotopic (exact) mass is 263 g/mol. The average Bonchev–Trinajstić information content (AvgIpc) is 2.68. The number of hydrogen-bond donors (Lipinski definition) is 0. The van der Waals surface area contributed by atoms with Crippen LogP contribution in [-0.4, -0.2) is 60.0 Å². The summed E-state index contributed by atoms with van der Waals surface area (Å²) in [6.07, 6.45) is 0. The van der Waals surface area contributed by atoms with Gasteiger partial charge in [-0.25, -0.2) is 9.18 Å². The first-order valence-corrected chi connectivity index (χ1v) is 6.62. The van der Waals surface area contributed by atoms with Gasteiger partial charge in [-0.2, -0.15) is 0 Å². The van der Waals surface area contributed by atoms with E-state index in [-0.39, 0.29) is 11.8 Å². The summed E-state index contributed by atoms with van der Waals surface area (Å²) in [5.74, 6) is -0.198. The molecule has 0 bridgehead atoms. The van der Waals surface area contributed by atoms with Gasteiger partial charge in [-0.3, -0.25) is 4.90 Å². The van der Waals surface area contributed by atoms with E-state index in [1.165, 1.54) is 12.1 Å². The van der Waals surface area contributed by atoms with E-state index in [1.807, 2.05) is 24.1 Å². The fraction of sp³-hybridized carbons (Fsp3) is 0.500. The minimum atomic E-state index is -0.198. The molecular weight excluding hydrogens is 245 g/mol. The van der Waals surface area contributed by atoms with E-state index in [9.17, 15) is 9.18 Å². The number of urea groups is 1. The summed E-state index contributed by atoms with van der Waals surface area (Å²) < 4.78 is 12.9. The van der Waals surface area contributed by atoms with E-state index < -0.39 is 0 Å². The minimum absolute atomic E-state index is 0.145. The predicted molar refractivity (Wildman–Crippen MR) is 70.2 cm³/mol. The first kappa shape index (κ1) is 12.4. The van der Waals surface area contributed by atoms with Crippen LogP contribution in [0.5, 0.6) is 0 Å². The van der Waals surface area contributed by atoms with Gasteiger partial charge in [-0.1, -0.05) is 12.1 Å². The topological polar surface area (TPSA) is 26.8 Å². The molecule has 1 unspecified atom stereocenters. The third kappa shape index (κ3) is 2.42. The van der Waals surface area contributed by atoms with Gasteiger partial charge in [-0.05, 0) is 17.7 Å². The molecule has 0 spiro atoms. The first-order valence-electron chi connectivity index (χ1n) is 6.62.